The molecule has 1 aliphatic rings. The van der Waals surface area contributed by atoms with Crippen LogP contribution in [-0.4, -0.2) is 0 Å². The maximum absolute atomic E-state index is 6.10. The van der Waals surface area contributed by atoms with E-state index < -0.39 is 0 Å². The Morgan fingerprint density at radius 3 is 2.40 bits per heavy atom. The average molecular weight is 244 g/mol. The van der Waals surface area contributed by atoms with Crippen LogP contribution in [0.3, 0.4) is 0 Å². The van der Waals surface area contributed by atoms with Gasteiger partial charge in [-0.15, -0.1) is 0 Å². The zero-order valence-corrected chi connectivity index (χ0v) is 10.1. The molecule has 0 amide bonds. The van der Waals surface area contributed by atoms with Crippen molar-refractivity contribution in [2.75, 3.05) is 0 Å². The van der Waals surface area contributed by atoms with Gasteiger partial charge in [-0.3, -0.25) is 0 Å². The van der Waals surface area contributed by atoms with E-state index >= 15 is 0 Å². The summed E-state index contributed by atoms with van der Waals surface area (Å²) in [6.45, 7) is 0. The minimum Gasteiger partial charge on any atom is -0.324 e. The molecule has 1 fully saturated rings. The van der Waals surface area contributed by atoms with Crippen molar-refractivity contribution in [3.8, 4) is 0 Å². The van der Waals surface area contributed by atoms with Gasteiger partial charge in [-0.2, -0.15) is 0 Å². The molecule has 0 aliphatic heterocycles. The zero-order valence-electron chi connectivity index (χ0n) is 8.55. The maximum Gasteiger partial charge on any atom is 0.0468 e. The molecule has 0 saturated heterocycles. The summed E-state index contributed by atoms with van der Waals surface area (Å²) in [4.78, 5) is 0. The van der Waals surface area contributed by atoms with Crippen molar-refractivity contribution >= 4 is 23.2 Å². The molecule has 1 unspecified atom stereocenters. The highest BCUT2D eigenvalue weighted by Crippen LogP contribution is 2.37. The van der Waals surface area contributed by atoms with E-state index in [1.807, 2.05) is 18.2 Å². The van der Waals surface area contributed by atoms with E-state index in [0.29, 0.717) is 10.0 Å². The molecule has 15 heavy (non-hydrogen) atoms. The molecule has 2 N–H and O–H groups in total. The lowest BCUT2D eigenvalue weighted by atomic mass is 10.0. The number of hydrogen-bond donors (Lipinski definition) is 1. The molecule has 1 saturated carbocycles. The molecule has 1 aliphatic carbocycles. The monoisotopic (exact) mass is 243 g/mol. The van der Waals surface area contributed by atoms with Gasteiger partial charge in [-0.25, -0.2) is 0 Å². The standard InChI is InChI=1S/C12H15Cl2N/c13-9-2-1-3-10(14)12(9)11(15)7-6-8-4-5-8/h1-3,8,11H,4-7,15H2. The van der Waals surface area contributed by atoms with Crippen LogP contribution in [-0.2, 0) is 0 Å². The Bertz CT molecular complexity index is 327. The van der Waals surface area contributed by atoms with Crippen LogP contribution in [0.2, 0.25) is 10.0 Å². The summed E-state index contributed by atoms with van der Waals surface area (Å²) < 4.78 is 0. The van der Waals surface area contributed by atoms with Gasteiger partial charge in [-0.05, 0) is 30.9 Å². The summed E-state index contributed by atoms with van der Waals surface area (Å²) in [5.74, 6) is 0.900. The van der Waals surface area contributed by atoms with Gasteiger partial charge < -0.3 is 5.73 Å². The van der Waals surface area contributed by atoms with Crippen LogP contribution in [0.25, 0.3) is 0 Å². The molecule has 0 heterocycles. The van der Waals surface area contributed by atoms with Gasteiger partial charge in [0.1, 0.15) is 0 Å². The van der Waals surface area contributed by atoms with Crippen molar-refractivity contribution in [1.82, 2.24) is 0 Å². The molecule has 0 bridgehead atoms. The van der Waals surface area contributed by atoms with Gasteiger partial charge in [0.25, 0.3) is 0 Å². The normalized spacial score (nSPS) is 17.8. The molecule has 1 aromatic carbocycles. The largest absolute Gasteiger partial charge is 0.324 e. The van der Waals surface area contributed by atoms with Crippen LogP contribution in [0.1, 0.15) is 37.3 Å². The Kier molecular flexibility index (Phi) is 3.55. The van der Waals surface area contributed by atoms with E-state index in [9.17, 15) is 0 Å². The van der Waals surface area contributed by atoms with Crippen LogP contribution in [0, 0.1) is 5.92 Å². The second-order valence-corrected chi connectivity index (χ2v) is 5.08. The van der Waals surface area contributed by atoms with Gasteiger partial charge in [0, 0.05) is 21.7 Å². The molecule has 82 valence electrons. The lowest BCUT2D eigenvalue weighted by Crippen LogP contribution is -2.11. The molecule has 0 aromatic heterocycles. The zero-order chi connectivity index (χ0) is 10.8. The first kappa shape index (κ1) is 11.3. The van der Waals surface area contributed by atoms with Gasteiger partial charge in [0.15, 0.2) is 0 Å². The number of hydrogen-bond acceptors (Lipinski definition) is 1. The Balaban J connectivity index is 2.05. The first-order chi connectivity index (χ1) is 7.18. The summed E-state index contributed by atoms with van der Waals surface area (Å²) in [6.07, 6.45) is 4.91. The van der Waals surface area contributed by atoms with Crippen LogP contribution >= 0.6 is 23.2 Å². The minimum absolute atomic E-state index is 0.0215. The smallest absolute Gasteiger partial charge is 0.0468 e. The van der Waals surface area contributed by atoms with Crippen LogP contribution in [0.4, 0.5) is 0 Å². The second-order valence-electron chi connectivity index (χ2n) is 4.26. The molecule has 2 rings (SSSR count). The molecular formula is C12H15Cl2N. The Morgan fingerprint density at radius 1 is 1.27 bits per heavy atom. The van der Waals surface area contributed by atoms with Crippen LogP contribution in [0.15, 0.2) is 18.2 Å². The topological polar surface area (TPSA) is 26.0 Å². The van der Waals surface area contributed by atoms with Crippen LogP contribution < -0.4 is 5.73 Å². The van der Waals surface area contributed by atoms with Gasteiger partial charge in [-0.1, -0.05) is 42.1 Å². The van der Waals surface area contributed by atoms with Crippen molar-refractivity contribution < 1.29 is 0 Å². The summed E-state index contributed by atoms with van der Waals surface area (Å²) in [7, 11) is 0. The number of benzene rings is 1. The summed E-state index contributed by atoms with van der Waals surface area (Å²) in [5.41, 5.74) is 7.01. The fraction of sp³-hybridized carbons (Fsp3) is 0.500. The fourth-order valence-corrected chi connectivity index (χ4v) is 2.51. The predicted octanol–water partition coefficient (Wildman–Crippen LogP) is 4.18. The van der Waals surface area contributed by atoms with Gasteiger partial charge >= 0.3 is 0 Å². The van der Waals surface area contributed by atoms with E-state index in [-0.39, 0.29) is 6.04 Å². The Hall–Kier alpha value is -0.240. The molecule has 0 radical (unpaired) electrons. The number of halogens is 2. The maximum atomic E-state index is 6.10. The minimum atomic E-state index is -0.0215. The van der Waals surface area contributed by atoms with E-state index in [4.69, 9.17) is 28.9 Å². The first-order valence-electron chi connectivity index (χ1n) is 5.38. The first-order valence-corrected chi connectivity index (χ1v) is 6.13. The van der Waals surface area contributed by atoms with E-state index in [0.717, 1.165) is 17.9 Å². The van der Waals surface area contributed by atoms with Gasteiger partial charge in [0.2, 0.25) is 0 Å². The number of rotatable bonds is 4. The Morgan fingerprint density at radius 2 is 1.87 bits per heavy atom. The van der Waals surface area contributed by atoms with Crippen molar-refractivity contribution in [1.29, 1.82) is 0 Å². The van der Waals surface area contributed by atoms with Crippen molar-refractivity contribution in [3.63, 3.8) is 0 Å². The predicted molar refractivity (Wildman–Crippen MR) is 65.3 cm³/mol. The van der Waals surface area contributed by atoms with E-state index in [1.165, 1.54) is 19.3 Å². The number of nitrogens with two attached hydrogens (primary N) is 1. The molecule has 1 nitrogen and oxygen atoms in total. The van der Waals surface area contributed by atoms with E-state index in [2.05, 4.69) is 0 Å². The highest BCUT2D eigenvalue weighted by molar-refractivity contribution is 6.36. The molecular weight excluding hydrogens is 229 g/mol. The Labute approximate surface area is 101 Å². The van der Waals surface area contributed by atoms with Crippen molar-refractivity contribution in [2.24, 2.45) is 11.7 Å². The summed E-state index contributed by atoms with van der Waals surface area (Å²) in [5, 5.41) is 1.37. The molecule has 0 spiro atoms. The third-order valence-electron chi connectivity index (χ3n) is 2.95. The fourth-order valence-electron chi connectivity index (χ4n) is 1.83. The third-order valence-corrected chi connectivity index (χ3v) is 3.61. The van der Waals surface area contributed by atoms with Crippen LogP contribution in [0.5, 0.6) is 0 Å². The lowest BCUT2D eigenvalue weighted by molar-refractivity contribution is 0.575. The lowest BCUT2D eigenvalue weighted by Gasteiger charge is -2.15. The quantitative estimate of drug-likeness (QED) is 0.844. The highest BCUT2D eigenvalue weighted by atomic mass is 35.5. The summed E-state index contributed by atoms with van der Waals surface area (Å²) in [6, 6.07) is 5.52. The van der Waals surface area contributed by atoms with Crippen molar-refractivity contribution in [2.45, 2.75) is 31.7 Å². The SMILES string of the molecule is NC(CCC1CC1)c1c(Cl)cccc1Cl. The molecule has 1 aromatic rings. The van der Waals surface area contributed by atoms with Gasteiger partial charge in [0.05, 0.1) is 0 Å². The molecule has 1 atom stereocenters. The average Bonchev–Trinajstić information content (AvgIpc) is 2.97. The third kappa shape index (κ3) is 2.87. The molecule has 3 heteroatoms. The second kappa shape index (κ2) is 4.73. The highest BCUT2D eigenvalue weighted by Gasteiger charge is 2.23. The van der Waals surface area contributed by atoms with E-state index in [1.54, 1.807) is 0 Å². The van der Waals surface area contributed by atoms with Crippen molar-refractivity contribution in [3.05, 3.63) is 33.8 Å². The summed E-state index contributed by atoms with van der Waals surface area (Å²) >= 11 is 12.2.